The zero-order chi connectivity index (χ0) is 33.7. The number of ether oxygens (including phenoxy) is 4. The van der Waals surface area contributed by atoms with Gasteiger partial charge in [0.1, 0.15) is 18.4 Å². The normalized spacial score (nSPS) is 14.2. The van der Waals surface area contributed by atoms with Gasteiger partial charge >= 0.3 is 5.97 Å². The van der Waals surface area contributed by atoms with E-state index in [1.807, 2.05) is 37.3 Å². The largest absolute Gasteiger partial charge is 0.496 e. The molecule has 0 spiro atoms. The predicted molar refractivity (Wildman–Crippen MR) is 187 cm³/mol. The first-order valence-corrected chi connectivity index (χ1v) is 17.2. The van der Waals surface area contributed by atoms with Crippen molar-refractivity contribution >= 4 is 55.2 Å². The topological polar surface area (TPSA) is 112 Å². The van der Waals surface area contributed by atoms with Crippen LogP contribution in [0, 0.1) is 11.3 Å². The quantitative estimate of drug-likeness (QED) is 0.158. The van der Waals surface area contributed by atoms with Crippen molar-refractivity contribution < 1.29 is 23.7 Å². The molecule has 0 N–H and O–H groups in total. The lowest BCUT2D eigenvalue weighted by Crippen LogP contribution is -2.40. The fraction of sp³-hybridized carbons (Fsp3) is 0.257. The third-order valence-electron chi connectivity index (χ3n) is 7.39. The summed E-state index contributed by atoms with van der Waals surface area (Å²) in [5.41, 5.74) is 3.38. The highest BCUT2D eigenvalue weighted by Crippen LogP contribution is 2.39. The number of nitrogens with zero attached hydrogens (tertiary/aromatic N) is 3. The number of thiazole rings is 1. The van der Waals surface area contributed by atoms with Crippen LogP contribution in [0.5, 0.6) is 17.2 Å². The maximum absolute atomic E-state index is 14.3. The summed E-state index contributed by atoms with van der Waals surface area (Å²) in [6, 6.07) is 17.6. The number of allylic oxidation sites excluding steroid dienone is 1. The van der Waals surface area contributed by atoms with E-state index in [0.717, 1.165) is 16.5 Å². The Hall–Kier alpha value is -4.18. The number of carbonyl (C=O) groups excluding carboxylic acids is 1. The molecule has 3 aromatic carbocycles. The highest BCUT2D eigenvalue weighted by atomic mass is 79.9. The Morgan fingerprint density at radius 2 is 1.81 bits per heavy atom. The molecule has 0 amide bonds. The lowest BCUT2D eigenvalue weighted by Gasteiger charge is -2.27. The van der Waals surface area contributed by atoms with Crippen LogP contribution in [0.4, 0.5) is 0 Å². The van der Waals surface area contributed by atoms with Crippen LogP contribution in [0.25, 0.3) is 6.08 Å². The monoisotopic (exact) mass is 779 g/mol. The van der Waals surface area contributed by atoms with E-state index in [4.69, 9.17) is 29.2 Å². The molecule has 1 atom stereocenters. The second-order valence-corrected chi connectivity index (χ2v) is 13.2. The van der Waals surface area contributed by atoms with Crippen molar-refractivity contribution in [3.8, 4) is 23.3 Å². The predicted octanol–water partition coefficient (Wildman–Crippen LogP) is 6.57. The number of methoxy groups -OCH3 is 2. The van der Waals surface area contributed by atoms with Crippen molar-refractivity contribution in [1.29, 1.82) is 5.26 Å². The molecule has 5 rings (SSSR count). The molecule has 1 aliphatic rings. The lowest BCUT2D eigenvalue weighted by atomic mass is 9.93. The first-order valence-electron chi connectivity index (χ1n) is 14.8. The van der Waals surface area contributed by atoms with E-state index < -0.39 is 12.0 Å². The minimum Gasteiger partial charge on any atom is -0.496 e. The zero-order valence-corrected chi connectivity index (χ0v) is 30.1. The van der Waals surface area contributed by atoms with Crippen molar-refractivity contribution in [3.63, 3.8) is 0 Å². The molecule has 12 heteroatoms. The number of carbonyl (C=O) groups is 1. The molecule has 0 unspecified atom stereocenters. The Bertz CT molecular complexity index is 2080. The Morgan fingerprint density at radius 1 is 1.06 bits per heavy atom. The van der Waals surface area contributed by atoms with Crippen LogP contribution in [0.15, 0.2) is 84.6 Å². The third-order valence-corrected chi connectivity index (χ3v) is 9.46. The van der Waals surface area contributed by atoms with Gasteiger partial charge in [-0.15, -0.1) is 0 Å². The van der Waals surface area contributed by atoms with E-state index in [-0.39, 0.29) is 18.8 Å². The molecule has 0 fully saturated rings. The standard InChI is InChI=1S/C35H31Br2N3O6S/c1-5-7-26-30(34(42)45-6-2)31(24-17-23(36)12-13-27(24)43-3)40-33(41)29(47-35(40)39-26)16-22-14-25(37)32(28(15-22)44-4)46-19-21-10-8-20(18-38)9-11-21/h8-17,31H,5-7,19H2,1-4H3/b29-16-/t31-/m1/s1. The van der Waals surface area contributed by atoms with Crippen LogP contribution in [-0.4, -0.2) is 31.4 Å². The zero-order valence-electron chi connectivity index (χ0n) is 26.1. The molecule has 0 saturated heterocycles. The van der Waals surface area contributed by atoms with E-state index in [0.29, 0.717) is 65.4 Å². The summed E-state index contributed by atoms with van der Waals surface area (Å²) < 4.78 is 26.3. The van der Waals surface area contributed by atoms with Gasteiger partial charge in [-0.05, 0) is 88.9 Å². The van der Waals surface area contributed by atoms with Crippen LogP contribution in [0.3, 0.4) is 0 Å². The molecule has 9 nitrogen and oxygen atoms in total. The summed E-state index contributed by atoms with van der Waals surface area (Å²) in [6.45, 7) is 4.20. The third kappa shape index (κ3) is 7.22. The summed E-state index contributed by atoms with van der Waals surface area (Å²) in [5.74, 6) is 0.975. The number of fused-ring (bicyclic) bond motifs is 1. The Kier molecular flexibility index (Phi) is 11.0. The van der Waals surface area contributed by atoms with Gasteiger partial charge in [0.25, 0.3) is 5.56 Å². The van der Waals surface area contributed by atoms with Crippen molar-refractivity contribution in [2.24, 2.45) is 4.99 Å². The molecule has 1 aromatic heterocycles. The summed E-state index contributed by atoms with van der Waals surface area (Å²) in [7, 11) is 3.10. The van der Waals surface area contributed by atoms with E-state index in [9.17, 15) is 9.59 Å². The Morgan fingerprint density at radius 3 is 2.47 bits per heavy atom. The number of aromatic nitrogens is 1. The fourth-order valence-corrected chi connectivity index (χ4v) is 7.25. The van der Waals surface area contributed by atoms with Gasteiger partial charge < -0.3 is 18.9 Å². The number of nitriles is 1. The van der Waals surface area contributed by atoms with Gasteiger partial charge in [0.05, 0.1) is 52.7 Å². The van der Waals surface area contributed by atoms with Crippen LogP contribution in [0.1, 0.15) is 55.0 Å². The molecule has 1 aliphatic heterocycles. The van der Waals surface area contributed by atoms with Crippen molar-refractivity contribution in [1.82, 2.24) is 4.57 Å². The number of hydrogen-bond donors (Lipinski definition) is 0. The van der Waals surface area contributed by atoms with E-state index in [1.165, 1.54) is 11.3 Å². The van der Waals surface area contributed by atoms with Crippen molar-refractivity contribution in [3.05, 3.63) is 117 Å². The molecule has 47 heavy (non-hydrogen) atoms. The van der Waals surface area contributed by atoms with E-state index >= 15 is 0 Å². The average Bonchev–Trinajstić information content (AvgIpc) is 3.37. The number of hydrogen-bond acceptors (Lipinski definition) is 9. The van der Waals surface area contributed by atoms with Crippen LogP contribution in [-0.2, 0) is 16.1 Å². The van der Waals surface area contributed by atoms with Gasteiger partial charge in [0.2, 0.25) is 0 Å². The second kappa shape index (κ2) is 15.2. The number of halogens is 2. The highest BCUT2D eigenvalue weighted by molar-refractivity contribution is 9.10. The Balaban J connectivity index is 1.62. The van der Waals surface area contributed by atoms with Gasteiger partial charge in [-0.25, -0.2) is 9.79 Å². The van der Waals surface area contributed by atoms with Gasteiger partial charge in [-0.3, -0.25) is 9.36 Å². The summed E-state index contributed by atoms with van der Waals surface area (Å²) in [4.78, 5) is 33.1. The maximum atomic E-state index is 14.3. The smallest absolute Gasteiger partial charge is 0.338 e. The van der Waals surface area contributed by atoms with E-state index in [1.54, 1.807) is 56.1 Å². The second-order valence-electron chi connectivity index (χ2n) is 10.4. The molecular weight excluding hydrogens is 750 g/mol. The minimum absolute atomic E-state index is 0.179. The number of benzene rings is 3. The number of esters is 1. The maximum Gasteiger partial charge on any atom is 0.338 e. The molecule has 0 radical (unpaired) electrons. The lowest BCUT2D eigenvalue weighted by molar-refractivity contribution is -0.139. The summed E-state index contributed by atoms with van der Waals surface area (Å²) in [6.07, 6.45) is 3.04. The van der Waals surface area contributed by atoms with Gasteiger partial charge in [0.15, 0.2) is 16.3 Å². The molecule has 0 aliphatic carbocycles. The molecule has 0 saturated carbocycles. The van der Waals surface area contributed by atoms with Gasteiger partial charge in [0, 0.05) is 10.0 Å². The first kappa shape index (κ1) is 34.2. The van der Waals surface area contributed by atoms with Crippen LogP contribution >= 0.6 is 43.2 Å². The van der Waals surface area contributed by atoms with Gasteiger partial charge in [-0.1, -0.05) is 52.7 Å². The summed E-state index contributed by atoms with van der Waals surface area (Å²) in [5, 5.41) is 9.06. The Labute approximate surface area is 292 Å². The first-order chi connectivity index (χ1) is 22.7. The van der Waals surface area contributed by atoms with Crippen LogP contribution < -0.4 is 29.1 Å². The highest BCUT2D eigenvalue weighted by Gasteiger charge is 2.36. The van der Waals surface area contributed by atoms with Crippen molar-refractivity contribution in [2.45, 2.75) is 39.3 Å². The summed E-state index contributed by atoms with van der Waals surface area (Å²) >= 11 is 8.40. The molecule has 4 aromatic rings. The number of rotatable bonds is 11. The van der Waals surface area contributed by atoms with E-state index in [2.05, 4.69) is 37.9 Å². The minimum atomic E-state index is -0.819. The SMILES string of the molecule is CCCC1=C(C(=O)OCC)[C@@H](c2cc(Br)ccc2OC)n2c(s/c(=C\c3cc(Br)c(OCc4ccc(C#N)cc4)c(OC)c3)c2=O)=N1. The average molecular weight is 782 g/mol. The molecular formula is C35H31Br2N3O6S. The molecule has 242 valence electrons. The fourth-order valence-electron chi connectivity index (χ4n) is 5.28. The van der Waals surface area contributed by atoms with Crippen molar-refractivity contribution in [2.75, 3.05) is 20.8 Å². The van der Waals surface area contributed by atoms with Crippen LogP contribution in [0.2, 0.25) is 0 Å². The molecule has 2 heterocycles. The van der Waals surface area contributed by atoms with Gasteiger partial charge in [-0.2, -0.15) is 5.26 Å². The molecule has 0 bridgehead atoms.